The predicted molar refractivity (Wildman–Crippen MR) is 85.1 cm³/mol. The molecule has 1 atom stereocenters. The van der Waals surface area contributed by atoms with E-state index in [0.29, 0.717) is 24.4 Å². The fourth-order valence-corrected chi connectivity index (χ4v) is 2.59. The van der Waals surface area contributed by atoms with Crippen LogP contribution in [0.15, 0.2) is 18.2 Å². The third-order valence-corrected chi connectivity index (χ3v) is 3.72. The van der Waals surface area contributed by atoms with Gasteiger partial charge in [0.1, 0.15) is 5.75 Å². The number of amides is 3. The Labute approximate surface area is 130 Å². The number of hydrogen-bond acceptors (Lipinski definition) is 3. The molecule has 1 heterocycles. The lowest BCUT2D eigenvalue weighted by Gasteiger charge is -2.21. The molecular formula is C16H23N3O3. The molecule has 1 aromatic rings. The fraction of sp³-hybridized carbons (Fsp3) is 0.500. The molecule has 1 aliphatic rings. The second-order valence-electron chi connectivity index (χ2n) is 5.84. The normalized spacial score (nSPS) is 17.8. The van der Waals surface area contributed by atoms with Crippen LogP contribution in [0.4, 0.5) is 10.5 Å². The summed E-state index contributed by atoms with van der Waals surface area (Å²) in [6.45, 7) is 6.43. The molecule has 0 aromatic heterocycles. The Morgan fingerprint density at radius 2 is 2.14 bits per heavy atom. The Balaban J connectivity index is 1.97. The molecule has 6 heteroatoms. The Morgan fingerprint density at radius 1 is 1.41 bits per heavy atom. The number of carbonyl (C=O) groups excluding carboxylic acids is 2. The van der Waals surface area contributed by atoms with Crippen molar-refractivity contribution >= 4 is 17.6 Å². The van der Waals surface area contributed by atoms with Gasteiger partial charge in [-0.3, -0.25) is 4.79 Å². The molecule has 22 heavy (non-hydrogen) atoms. The number of urea groups is 1. The van der Waals surface area contributed by atoms with Crippen LogP contribution in [0, 0.1) is 6.92 Å². The smallest absolute Gasteiger partial charge is 0.319 e. The minimum Gasteiger partial charge on any atom is -0.495 e. The van der Waals surface area contributed by atoms with Crippen molar-refractivity contribution in [2.75, 3.05) is 19.0 Å². The maximum atomic E-state index is 12.1. The van der Waals surface area contributed by atoms with E-state index in [1.165, 1.54) is 0 Å². The predicted octanol–water partition coefficient (Wildman–Crippen LogP) is 2.13. The lowest BCUT2D eigenvalue weighted by Crippen LogP contribution is -2.40. The number of rotatable bonds is 4. The van der Waals surface area contributed by atoms with Gasteiger partial charge >= 0.3 is 6.03 Å². The quantitative estimate of drug-likeness (QED) is 0.895. The highest BCUT2D eigenvalue weighted by Crippen LogP contribution is 2.25. The topological polar surface area (TPSA) is 70.7 Å². The van der Waals surface area contributed by atoms with Crippen molar-refractivity contribution in [2.45, 2.75) is 39.3 Å². The number of methoxy groups -OCH3 is 1. The molecule has 0 bridgehead atoms. The molecule has 3 amide bonds. The van der Waals surface area contributed by atoms with Crippen LogP contribution in [0.3, 0.4) is 0 Å². The van der Waals surface area contributed by atoms with Crippen LogP contribution in [0.5, 0.6) is 5.75 Å². The zero-order valence-electron chi connectivity index (χ0n) is 13.5. The van der Waals surface area contributed by atoms with Crippen molar-refractivity contribution in [3.63, 3.8) is 0 Å². The zero-order chi connectivity index (χ0) is 16.3. The first-order chi connectivity index (χ1) is 10.4. The van der Waals surface area contributed by atoms with Gasteiger partial charge in [-0.25, -0.2) is 4.79 Å². The average molecular weight is 305 g/mol. The molecule has 0 saturated carbocycles. The number of likely N-dealkylation sites (tertiary alicyclic amines) is 1. The molecule has 1 aromatic carbocycles. The third-order valence-electron chi connectivity index (χ3n) is 3.72. The number of hydrogen-bond donors (Lipinski definition) is 2. The van der Waals surface area contributed by atoms with Crippen LogP contribution in [-0.4, -0.2) is 42.6 Å². The summed E-state index contributed by atoms with van der Waals surface area (Å²) >= 11 is 0. The molecule has 0 spiro atoms. The van der Waals surface area contributed by atoms with E-state index >= 15 is 0 Å². The van der Waals surface area contributed by atoms with E-state index in [1.54, 1.807) is 12.0 Å². The summed E-state index contributed by atoms with van der Waals surface area (Å²) in [5.74, 6) is 0.681. The molecule has 6 nitrogen and oxygen atoms in total. The summed E-state index contributed by atoms with van der Waals surface area (Å²) in [4.78, 5) is 25.7. The van der Waals surface area contributed by atoms with Crippen LogP contribution < -0.4 is 15.4 Å². The monoisotopic (exact) mass is 305 g/mol. The van der Waals surface area contributed by atoms with Crippen LogP contribution in [0.25, 0.3) is 0 Å². The van der Waals surface area contributed by atoms with Gasteiger partial charge in [0, 0.05) is 19.0 Å². The molecule has 1 saturated heterocycles. The molecule has 1 fully saturated rings. The molecule has 1 aliphatic heterocycles. The SMILES string of the molecule is COc1ccc(C)cc1NC(=O)NC1CC(=O)N(C(C)C)C1. The molecule has 0 aliphatic carbocycles. The fourth-order valence-electron chi connectivity index (χ4n) is 2.59. The highest BCUT2D eigenvalue weighted by atomic mass is 16.5. The average Bonchev–Trinajstić information content (AvgIpc) is 2.79. The van der Waals surface area contributed by atoms with Gasteiger partial charge in [0.15, 0.2) is 0 Å². The Bertz CT molecular complexity index is 572. The summed E-state index contributed by atoms with van der Waals surface area (Å²) in [6.07, 6.45) is 0.344. The summed E-state index contributed by atoms with van der Waals surface area (Å²) in [5, 5.41) is 5.63. The Morgan fingerprint density at radius 3 is 2.73 bits per heavy atom. The third kappa shape index (κ3) is 3.69. The zero-order valence-corrected chi connectivity index (χ0v) is 13.5. The standard InChI is InChI=1S/C16H23N3O3/c1-10(2)19-9-12(8-15(19)20)17-16(21)18-13-7-11(3)5-6-14(13)22-4/h5-7,10,12H,8-9H2,1-4H3,(H2,17,18,21). The van der Waals surface area contributed by atoms with Crippen molar-refractivity contribution in [1.82, 2.24) is 10.2 Å². The minimum absolute atomic E-state index is 0.0773. The van der Waals surface area contributed by atoms with Crippen molar-refractivity contribution in [3.05, 3.63) is 23.8 Å². The molecule has 2 N–H and O–H groups in total. The molecular weight excluding hydrogens is 282 g/mol. The highest BCUT2D eigenvalue weighted by Gasteiger charge is 2.32. The minimum atomic E-state index is -0.327. The summed E-state index contributed by atoms with van der Waals surface area (Å²) in [7, 11) is 1.56. The van der Waals surface area contributed by atoms with E-state index in [4.69, 9.17) is 4.74 Å². The summed E-state index contributed by atoms with van der Waals surface area (Å²) in [5.41, 5.74) is 1.64. The number of nitrogens with zero attached hydrogens (tertiary/aromatic N) is 1. The Hall–Kier alpha value is -2.24. The lowest BCUT2D eigenvalue weighted by atomic mass is 10.2. The van der Waals surface area contributed by atoms with E-state index in [1.807, 2.05) is 39.0 Å². The molecule has 120 valence electrons. The first-order valence-corrected chi connectivity index (χ1v) is 7.42. The van der Waals surface area contributed by atoms with Crippen LogP contribution >= 0.6 is 0 Å². The molecule has 2 rings (SSSR count). The second kappa shape index (κ2) is 6.68. The Kier molecular flexibility index (Phi) is 4.90. The van der Waals surface area contributed by atoms with Gasteiger partial charge in [-0.2, -0.15) is 0 Å². The van der Waals surface area contributed by atoms with E-state index in [2.05, 4.69) is 10.6 Å². The maximum absolute atomic E-state index is 12.1. The van der Waals surface area contributed by atoms with E-state index < -0.39 is 0 Å². The van der Waals surface area contributed by atoms with Crippen LogP contribution in [-0.2, 0) is 4.79 Å². The van der Waals surface area contributed by atoms with E-state index in [-0.39, 0.29) is 24.0 Å². The van der Waals surface area contributed by atoms with Crippen molar-refractivity contribution in [1.29, 1.82) is 0 Å². The van der Waals surface area contributed by atoms with Crippen molar-refractivity contribution in [3.8, 4) is 5.75 Å². The largest absolute Gasteiger partial charge is 0.495 e. The lowest BCUT2D eigenvalue weighted by molar-refractivity contribution is -0.129. The molecule has 1 unspecified atom stereocenters. The van der Waals surface area contributed by atoms with Crippen molar-refractivity contribution < 1.29 is 14.3 Å². The molecule has 0 radical (unpaired) electrons. The van der Waals surface area contributed by atoms with Gasteiger partial charge < -0.3 is 20.3 Å². The number of benzene rings is 1. The first-order valence-electron chi connectivity index (χ1n) is 7.42. The van der Waals surface area contributed by atoms with Gasteiger partial charge in [0.2, 0.25) is 5.91 Å². The van der Waals surface area contributed by atoms with Gasteiger partial charge in [-0.1, -0.05) is 6.07 Å². The van der Waals surface area contributed by atoms with Gasteiger partial charge in [0.25, 0.3) is 0 Å². The van der Waals surface area contributed by atoms with Crippen LogP contribution in [0.2, 0.25) is 0 Å². The highest BCUT2D eigenvalue weighted by molar-refractivity contribution is 5.92. The number of ether oxygens (including phenoxy) is 1. The number of nitrogens with one attached hydrogen (secondary N) is 2. The van der Waals surface area contributed by atoms with Gasteiger partial charge in [0.05, 0.1) is 18.8 Å². The van der Waals surface area contributed by atoms with Gasteiger partial charge in [-0.15, -0.1) is 0 Å². The van der Waals surface area contributed by atoms with Crippen molar-refractivity contribution in [2.24, 2.45) is 0 Å². The number of carbonyl (C=O) groups is 2. The first kappa shape index (κ1) is 16.1. The van der Waals surface area contributed by atoms with Crippen LogP contribution in [0.1, 0.15) is 25.8 Å². The maximum Gasteiger partial charge on any atom is 0.319 e. The second-order valence-corrected chi connectivity index (χ2v) is 5.84. The number of aryl methyl sites for hydroxylation is 1. The van der Waals surface area contributed by atoms with E-state index in [0.717, 1.165) is 5.56 Å². The summed E-state index contributed by atoms with van der Waals surface area (Å²) in [6, 6.07) is 5.23. The van der Waals surface area contributed by atoms with E-state index in [9.17, 15) is 9.59 Å². The number of anilines is 1. The van der Waals surface area contributed by atoms with Gasteiger partial charge in [-0.05, 0) is 38.5 Å². The summed E-state index contributed by atoms with van der Waals surface area (Å²) < 4.78 is 5.23.